The molecule has 0 fully saturated rings. The first-order valence-corrected chi connectivity index (χ1v) is 5.97. The van der Waals surface area contributed by atoms with Gasteiger partial charge in [0.05, 0.1) is 0 Å². The van der Waals surface area contributed by atoms with Crippen LogP contribution >= 0.6 is 27.5 Å². The lowest BCUT2D eigenvalue weighted by Crippen LogP contribution is -2.13. The van der Waals surface area contributed by atoms with Crippen LogP contribution in [-0.2, 0) is 0 Å². The highest BCUT2D eigenvalue weighted by Crippen LogP contribution is 2.16. The molecule has 0 radical (unpaired) electrons. The zero-order valence-corrected chi connectivity index (χ0v) is 11.2. The van der Waals surface area contributed by atoms with Gasteiger partial charge >= 0.3 is 0 Å². The van der Waals surface area contributed by atoms with E-state index in [9.17, 15) is 9.18 Å². The Morgan fingerprint density at radius 3 is 2.72 bits per heavy atom. The molecule has 7 heteroatoms. The first kappa shape index (κ1) is 12.9. The number of hydrogen-bond acceptors (Lipinski definition) is 3. The Bertz CT molecular complexity index is 588. The Hall–Kier alpha value is -1.53. The van der Waals surface area contributed by atoms with Crippen molar-refractivity contribution in [3.8, 4) is 0 Å². The number of carbonyl (C=O) groups is 1. The van der Waals surface area contributed by atoms with Gasteiger partial charge in [-0.3, -0.25) is 4.79 Å². The molecular formula is C11H6BrClFN3O. The predicted octanol–water partition coefficient (Wildman–Crippen LogP) is 3.28. The van der Waals surface area contributed by atoms with Crippen LogP contribution in [0.4, 0.5) is 10.2 Å². The van der Waals surface area contributed by atoms with Crippen LogP contribution in [0.1, 0.15) is 10.4 Å². The Balaban J connectivity index is 2.22. The summed E-state index contributed by atoms with van der Waals surface area (Å²) in [5.41, 5.74) is 0.177. The molecule has 0 atom stereocenters. The van der Waals surface area contributed by atoms with Gasteiger partial charge in [0, 0.05) is 16.1 Å². The van der Waals surface area contributed by atoms with Gasteiger partial charge in [0.15, 0.2) is 0 Å². The molecule has 2 aromatic rings. The zero-order chi connectivity index (χ0) is 13.1. The number of amides is 1. The molecule has 1 aromatic heterocycles. The molecule has 1 amide bonds. The van der Waals surface area contributed by atoms with E-state index in [1.807, 2.05) is 0 Å². The number of aromatic nitrogens is 2. The largest absolute Gasteiger partial charge is 0.306 e. The summed E-state index contributed by atoms with van der Waals surface area (Å²) in [5, 5.41) is 2.70. The minimum Gasteiger partial charge on any atom is -0.306 e. The van der Waals surface area contributed by atoms with Crippen molar-refractivity contribution in [2.45, 2.75) is 0 Å². The number of nitrogens with one attached hydrogen (secondary N) is 1. The number of halogens is 3. The summed E-state index contributed by atoms with van der Waals surface area (Å²) in [6.07, 6.45) is 1.22. The van der Waals surface area contributed by atoms with E-state index >= 15 is 0 Å². The van der Waals surface area contributed by atoms with E-state index in [4.69, 9.17) is 11.6 Å². The van der Waals surface area contributed by atoms with Crippen LogP contribution in [0.15, 0.2) is 35.1 Å². The molecule has 92 valence electrons. The molecule has 1 heterocycles. The van der Waals surface area contributed by atoms with Gasteiger partial charge in [0.25, 0.3) is 5.91 Å². The Labute approximate surface area is 115 Å². The maximum Gasteiger partial charge on any atom is 0.256 e. The number of benzene rings is 1. The van der Waals surface area contributed by atoms with Crippen molar-refractivity contribution in [2.24, 2.45) is 0 Å². The van der Waals surface area contributed by atoms with E-state index in [2.05, 4.69) is 31.2 Å². The molecule has 0 spiro atoms. The molecule has 0 bridgehead atoms. The van der Waals surface area contributed by atoms with E-state index in [1.165, 1.54) is 24.5 Å². The SMILES string of the molecule is O=C(Nc1cc(Cl)ncn1)c1cc(F)cc(Br)c1. The molecular weight excluding hydrogens is 324 g/mol. The van der Waals surface area contributed by atoms with Gasteiger partial charge in [0.1, 0.15) is 23.1 Å². The van der Waals surface area contributed by atoms with Crippen molar-refractivity contribution in [2.75, 3.05) is 5.32 Å². The molecule has 0 aliphatic rings. The molecule has 0 unspecified atom stereocenters. The number of nitrogens with zero attached hydrogens (tertiary/aromatic N) is 2. The Morgan fingerprint density at radius 2 is 2.06 bits per heavy atom. The van der Waals surface area contributed by atoms with Gasteiger partial charge < -0.3 is 5.32 Å². The van der Waals surface area contributed by atoms with Crippen LogP contribution < -0.4 is 5.32 Å². The number of anilines is 1. The molecule has 0 aliphatic carbocycles. The van der Waals surface area contributed by atoms with Crippen LogP contribution in [0.25, 0.3) is 0 Å². The fourth-order valence-corrected chi connectivity index (χ4v) is 1.89. The van der Waals surface area contributed by atoms with Crippen LogP contribution in [0.5, 0.6) is 0 Å². The first-order valence-electron chi connectivity index (χ1n) is 4.79. The van der Waals surface area contributed by atoms with Gasteiger partial charge in [-0.05, 0) is 18.2 Å². The summed E-state index contributed by atoms with van der Waals surface area (Å²) < 4.78 is 13.6. The molecule has 1 N–H and O–H groups in total. The predicted molar refractivity (Wildman–Crippen MR) is 69.1 cm³/mol. The highest BCUT2D eigenvalue weighted by atomic mass is 79.9. The summed E-state index contributed by atoms with van der Waals surface area (Å²) in [7, 11) is 0. The van der Waals surface area contributed by atoms with Crippen molar-refractivity contribution in [1.29, 1.82) is 0 Å². The van der Waals surface area contributed by atoms with E-state index < -0.39 is 11.7 Å². The van der Waals surface area contributed by atoms with Crippen molar-refractivity contribution < 1.29 is 9.18 Å². The van der Waals surface area contributed by atoms with Crippen LogP contribution in [0.3, 0.4) is 0 Å². The second-order valence-corrected chi connectivity index (χ2v) is 4.64. The molecule has 4 nitrogen and oxygen atoms in total. The summed E-state index contributed by atoms with van der Waals surface area (Å²) in [6, 6.07) is 5.29. The van der Waals surface area contributed by atoms with E-state index in [1.54, 1.807) is 0 Å². The second-order valence-electron chi connectivity index (χ2n) is 3.34. The number of rotatable bonds is 2. The normalized spacial score (nSPS) is 10.2. The molecule has 18 heavy (non-hydrogen) atoms. The van der Waals surface area contributed by atoms with E-state index in [0.717, 1.165) is 6.07 Å². The molecule has 0 saturated carbocycles. The van der Waals surface area contributed by atoms with Crippen LogP contribution in [0, 0.1) is 5.82 Å². The second kappa shape index (κ2) is 5.41. The smallest absolute Gasteiger partial charge is 0.256 e. The third-order valence-electron chi connectivity index (χ3n) is 2.00. The third-order valence-corrected chi connectivity index (χ3v) is 2.66. The fraction of sp³-hybridized carbons (Fsp3) is 0. The number of carbonyl (C=O) groups excluding carboxylic acids is 1. The summed E-state index contributed by atoms with van der Waals surface area (Å²) in [6.45, 7) is 0. The lowest BCUT2D eigenvalue weighted by Gasteiger charge is -2.05. The Morgan fingerprint density at radius 1 is 1.28 bits per heavy atom. The van der Waals surface area contributed by atoms with E-state index in [-0.39, 0.29) is 16.5 Å². The maximum absolute atomic E-state index is 13.1. The van der Waals surface area contributed by atoms with Crippen LogP contribution in [-0.4, -0.2) is 15.9 Å². The number of hydrogen-bond donors (Lipinski definition) is 1. The molecule has 2 rings (SSSR count). The van der Waals surface area contributed by atoms with Gasteiger partial charge in [-0.15, -0.1) is 0 Å². The van der Waals surface area contributed by atoms with Gasteiger partial charge in [-0.25, -0.2) is 14.4 Å². The van der Waals surface area contributed by atoms with Crippen molar-refractivity contribution >= 4 is 39.3 Å². The van der Waals surface area contributed by atoms with E-state index in [0.29, 0.717) is 4.47 Å². The van der Waals surface area contributed by atoms with Gasteiger partial charge in [-0.2, -0.15) is 0 Å². The average Bonchev–Trinajstić information content (AvgIpc) is 2.27. The first-order chi connectivity index (χ1) is 8.54. The highest BCUT2D eigenvalue weighted by molar-refractivity contribution is 9.10. The standard InChI is InChI=1S/C11H6BrClFN3O/c12-7-1-6(2-8(14)3-7)11(18)17-10-4-9(13)15-5-16-10/h1-5H,(H,15,16,17,18). The quantitative estimate of drug-likeness (QED) is 0.860. The monoisotopic (exact) mass is 329 g/mol. The lowest BCUT2D eigenvalue weighted by atomic mass is 10.2. The summed E-state index contributed by atoms with van der Waals surface area (Å²) >= 11 is 8.77. The third kappa shape index (κ3) is 3.24. The summed E-state index contributed by atoms with van der Waals surface area (Å²) in [5.74, 6) is -0.736. The minimum atomic E-state index is -0.504. The highest BCUT2D eigenvalue weighted by Gasteiger charge is 2.09. The van der Waals surface area contributed by atoms with Crippen molar-refractivity contribution in [3.63, 3.8) is 0 Å². The minimum absolute atomic E-state index is 0.177. The topological polar surface area (TPSA) is 54.9 Å². The van der Waals surface area contributed by atoms with Crippen molar-refractivity contribution in [1.82, 2.24) is 9.97 Å². The summed E-state index contributed by atoms with van der Waals surface area (Å²) in [4.78, 5) is 19.3. The maximum atomic E-state index is 13.1. The van der Waals surface area contributed by atoms with Gasteiger partial charge in [0.2, 0.25) is 0 Å². The molecule has 1 aromatic carbocycles. The average molecular weight is 331 g/mol. The lowest BCUT2D eigenvalue weighted by molar-refractivity contribution is 0.102. The Kier molecular flexibility index (Phi) is 3.88. The fourth-order valence-electron chi connectivity index (χ4n) is 1.28. The molecule has 0 aliphatic heterocycles. The van der Waals surface area contributed by atoms with Crippen LogP contribution in [0.2, 0.25) is 5.15 Å². The van der Waals surface area contributed by atoms with Gasteiger partial charge in [-0.1, -0.05) is 27.5 Å². The van der Waals surface area contributed by atoms with Crippen molar-refractivity contribution in [3.05, 3.63) is 51.6 Å². The molecule has 0 saturated heterocycles. The zero-order valence-electron chi connectivity index (χ0n) is 8.82.